The average molecular weight is 387 g/mol. The third-order valence-corrected chi connectivity index (χ3v) is 3.49. The third-order valence-electron chi connectivity index (χ3n) is 2.82. The molecule has 1 aromatic carbocycles. The standard InChI is InChI=1S/C16H17BrClNO3/c1-16(2,3)22-15(20)19-9-10(17)7-13(19)12-6-5-11(18)8-14(12)21-4/h5-9H,1-4H3. The molecule has 22 heavy (non-hydrogen) atoms. The lowest BCUT2D eigenvalue weighted by molar-refractivity contribution is 0.0540. The summed E-state index contributed by atoms with van der Waals surface area (Å²) in [5.41, 5.74) is 0.841. The zero-order valence-corrected chi connectivity index (χ0v) is 15.2. The first kappa shape index (κ1) is 16.9. The zero-order chi connectivity index (χ0) is 16.5. The number of ether oxygens (including phenoxy) is 2. The molecule has 1 aromatic heterocycles. The Kier molecular flexibility index (Phi) is 4.87. The summed E-state index contributed by atoms with van der Waals surface area (Å²) in [4.78, 5) is 12.4. The number of carbonyl (C=O) groups excluding carboxylic acids is 1. The van der Waals surface area contributed by atoms with Crippen molar-refractivity contribution in [2.24, 2.45) is 0 Å². The van der Waals surface area contributed by atoms with Gasteiger partial charge < -0.3 is 9.47 Å². The van der Waals surface area contributed by atoms with Crippen molar-refractivity contribution < 1.29 is 14.3 Å². The Morgan fingerprint density at radius 2 is 1.95 bits per heavy atom. The number of rotatable bonds is 2. The molecule has 0 bridgehead atoms. The summed E-state index contributed by atoms with van der Waals surface area (Å²) >= 11 is 9.38. The molecule has 0 aliphatic rings. The van der Waals surface area contributed by atoms with Crippen molar-refractivity contribution in [3.05, 3.63) is 40.0 Å². The molecule has 6 heteroatoms. The average Bonchev–Trinajstić information content (AvgIpc) is 2.78. The van der Waals surface area contributed by atoms with E-state index in [0.717, 1.165) is 10.0 Å². The zero-order valence-electron chi connectivity index (χ0n) is 12.8. The van der Waals surface area contributed by atoms with Crippen LogP contribution in [0.2, 0.25) is 5.02 Å². The van der Waals surface area contributed by atoms with Crippen LogP contribution in [0.5, 0.6) is 5.75 Å². The molecule has 0 aliphatic heterocycles. The van der Waals surface area contributed by atoms with Gasteiger partial charge in [-0.1, -0.05) is 11.6 Å². The van der Waals surface area contributed by atoms with Crippen LogP contribution < -0.4 is 4.74 Å². The molecule has 4 nitrogen and oxygen atoms in total. The van der Waals surface area contributed by atoms with E-state index in [1.54, 1.807) is 25.4 Å². The Morgan fingerprint density at radius 3 is 2.55 bits per heavy atom. The van der Waals surface area contributed by atoms with Crippen LogP contribution in [-0.2, 0) is 4.74 Å². The minimum atomic E-state index is -0.574. The third kappa shape index (κ3) is 3.84. The maximum atomic E-state index is 12.4. The number of hydrogen-bond donors (Lipinski definition) is 0. The Morgan fingerprint density at radius 1 is 1.27 bits per heavy atom. The van der Waals surface area contributed by atoms with Crippen LogP contribution in [0.15, 0.2) is 34.9 Å². The second-order valence-corrected chi connectivity index (χ2v) is 7.09. The van der Waals surface area contributed by atoms with Crippen LogP contribution in [0.25, 0.3) is 11.3 Å². The predicted molar refractivity (Wildman–Crippen MR) is 90.8 cm³/mol. The van der Waals surface area contributed by atoms with Gasteiger partial charge in [0.1, 0.15) is 11.4 Å². The molecule has 0 atom stereocenters. The Bertz CT molecular complexity index is 704. The normalized spacial score (nSPS) is 11.4. The van der Waals surface area contributed by atoms with Gasteiger partial charge in [0.15, 0.2) is 0 Å². The molecule has 2 rings (SSSR count). The van der Waals surface area contributed by atoms with Gasteiger partial charge in [-0.05, 0) is 61.0 Å². The first-order chi connectivity index (χ1) is 10.2. The summed E-state index contributed by atoms with van der Waals surface area (Å²) in [6, 6.07) is 7.09. The van der Waals surface area contributed by atoms with Gasteiger partial charge in [0.25, 0.3) is 0 Å². The van der Waals surface area contributed by atoms with Gasteiger partial charge in [0.2, 0.25) is 0 Å². The Hall–Kier alpha value is -1.46. The van der Waals surface area contributed by atoms with Crippen molar-refractivity contribution in [3.63, 3.8) is 0 Å². The highest BCUT2D eigenvalue weighted by Crippen LogP contribution is 2.35. The summed E-state index contributed by atoms with van der Waals surface area (Å²) in [6.45, 7) is 5.48. The summed E-state index contributed by atoms with van der Waals surface area (Å²) < 4.78 is 13.0. The van der Waals surface area contributed by atoms with E-state index in [1.807, 2.05) is 32.9 Å². The first-order valence-corrected chi connectivity index (χ1v) is 7.83. The Labute approximate surface area is 143 Å². The quantitative estimate of drug-likeness (QED) is 0.697. The van der Waals surface area contributed by atoms with E-state index in [1.165, 1.54) is 4.57 Å². The molecule has 0 N–H and O–H groups in total. The molecule has 1 heterocycles. The van der Waals surface area contributed by atoms with E-state index in [0.29, 0.717) is 16.5 Å². The molecule has 118 valence electrons. The van der Waals surface area contributed by atoms with Gasteiger partial charge >= 0.3 is 6.09 Å². The fourth-order valence-corrected chi connectivity index (χ4v) is 2.56. The molecule has 0 amide bonds. The Balaban J connectivity index is 2.51. The predicted octanol–water partition coefficient (Wildman–Crippen LogP) is 5.36. The second-order valence-electron chi connectivity index (χ2n) is 5.74. The molecule has 0 spiro atoms. The molecule has 0 fully saturated rings. The highest BCUT2D eigenvalue weighted by molar-refractivity contribution is 9.10. The van der Waals surface area contributed by atoms with Gasteiger partial charge in [-0.15, -0.1) is 0 Å². The molecule has 0 aliphatic carbocycles. The van der Waals surface area contributed by atoms with Crippen molar-refractivity contribution in [2.75, 3.05) is 7.11 Å². The molecule has 0 radical (unpaired) electrons. The van der Waals surface area contributed by atoms with Crippen LogP contribution in [0, 0.1) is 0 Å². The lowest BCUT2D eigenvalue weighted by atomic mass is 10.1. The lowest BCUT2D eigenvalue weighted by Gasteiger charge is -2.20. The van der Waals surface area contributed by atoms with Crippen molar-refractivity contribution in [1.29, 1.82) is 0 Å². The highest BCUT2D eigenvalue weighted by atomic mass is 79.9. The molecular formula is C16H17BrClNO3. The smallest absolute Gasteiger partial charge is 0.419 e. The largest absolute Gasteiger partial charge is 0.496 e. The minimum Gasteiger partial charge on any atom is -0.496 e. The summed E-state index contributed by atoms with van der Waals surface area (Å²) in [5, 5.41) is 0.565. The molecule has 0 saturated heterocycles. The monoisotopic (exact) mass is 385 g/mol. The van der Waals surface area contributed by atoms with E-state index < -0.39 is 11.7 Å². The van der Waals surface area contributed by atoms with Gasteiger partial charge in [0, 0.05) is 21.3 Å². The summed E-state index contributed by atoms with van der Waals surface area (Å²) in [5.74, 6) is 0.586. The van der Waals surface area contributed by atoms with E-state index in [4.69, 9.17) is 21.1 Å². The van der Waals surface area contributed by atoms with E-state index >= 15 is 0 Å². The van der Waals surface area contributed by atoms with Crippen LogP contribution in [0.3, 0.4) is 0 Å². The maximum Gasteiger partial charge on any atom is 0.419 e. The van der Waals surface area contributed by atoms with Gasteiger partial charge in [0.05, 0.1) is 12.8 Å². The van der Waals surface area contributed by atoms with E-state index in [2.05, 4.69) is 15.9 Å². The number of hydrogen-bond acceptors (Lipinski definition) is 3. The summed E-state index contributed by atoms with van der Waals surface area (Å²) in [6.07, 6.45) is 1.21. The van der Waals surface area contributed by atoms with Crippen molar-refractivity contribution >= 4 is 33.6 Å². The first-order valence-electron chi connectivity index (χ1n) is 6.66. The number of nitrogens with zero attached hydrogens (tertiary/aromatic N) is 1. The van der Waals surface area contributed by atoms with Crippen LogP contribution in [0.1, 0.15) is 20.8 Å². The molecule has 0 unspecified atom stereocenters. The minimum absolute atomic E-state index is 0.454. The van der Waals surface area contributed by atoms with Crippen molar-refractivity contribution in [1.82, 2.24) is 4.57 Å². The number of benzene rings is 1. The lowest BCUT2D eigenvalue weighted by Crippen LogP contribution is -2.27. The molecular weight excluding hydrogens is 370 g/mol. The van der Waals surface area contributed by atoms with Crippen molar-refractivity contribution in [2.45, 2.75) is 26.4 Å². The van der Waals surface area contributed by atoms with Gasteiger partial charge in [-0.3, -0.25) is 4.57 Å². The highest BCUT2D eigenvalue weighted by Gasteiger charge is 2.22. The molecule has 0 saturated carbocycles. The maximum absolute atomic E-state index is 12.4. The topological polar surface area (TPSA) is 40.5 Å². The fourth-order valence-electron chi connectivity index (χ4n) is 1.98. The fraction of sp³-hybridized carbons (Fsp3) is 0.312. The van der Waals surface area contributed by atoms with Gasteiger partial charge in [-0.25, -0.2) is 4.79 Å². The van der Waals surface area contributed by atoms with Crippen molar-refractivity contribution in [3.8, 4) is 17.0 Å². The van der Waals surface area contributed by atoms with Crippen LogP contribution >= 0.6 is 27.5 Å². The number of halogens is 2. The number of carbonyl (C=O) groups is 1. The number of aromatic nitrogens is 1. The van der Waals surface area contributed by atoms with Crippen LogP contribution in [-0.4, -0.2) is 23.4 Å². The second kappa shape index (κ2) is 6.34. The van der Waals surface area contributed by atoms with E-state index in [9.17, 15) is 4.79 Å². The van der Waals surface area contributed by atoms with E-state index in [-0.39, 0.29) is 0 Å². The summed E-state index contributed by atoms with van der Waals surface area (Å²) in [7, 11) is 1.56. The molecule has 2 aromatic rings. The van der Waals surface area contributed by atoms with Crippen LogP contribution in [0.4, 0.5) is 4.79 Å². The van der Waals surface area contributed by atoms with Gasteiger partial charge in [-0.2, -0.15) is 0 Å². The number of methoxy groups -OCH3 is 1. The SMILES string of the molecule is COc1cc(Cl)ccc1-c1cc(Br)cn1C(=O)OC(C)(C)C.